The highest BCUT2D eigenvalue weighted by atomic mass is 16.5. The second-order valence-corrected chi connectivity index (χ2v) is 10.4. The van der Waals surface area contributed by atoms with E-state index in [1.54, 1.807) is 31.5 Å². The molecule has 11 nitrogen and oxygen atoms in total. The van der Waals surface area contributed by atoms with Gasteiger partial charge in [-0.1, -0.05) is 26.8 Å². The van der Waals surface area contributed by atoms with Crippen molar-refractivity contribution < 1.29 is 9.53 Å². The van der Waals surface area contributed by atoms with Gasteiger partial charge in [0, 0.05) is 49.9 Å². The Hall–Kier alpha value is -4.12. The van der Waals surface area contributed by atoms with Crippen LogP contribution < -0.4 is 20.3 Å². The molecule has 2 aromatic heterocycles. The van der Waals surface area contributed by atoms with Crippen molar-refractivity contribution in [3.05, 3.63) is 53.7 Å². The lowest BCUT2D eigenvalue weighted by molar-refractivity contribution is 0.0963. The Morgan fingerprint density at radius 1 is 1.13 bits per heavy atom. The summed E-state index contributed by atoms with van der Waals surface area (Å²) < 4.78 is 6.20. The van der Waals surface area contributed by atoms with Gasteiger partial charge in [0.1, 0.15) is 23.4 Å². The molecule has 1 saturated heterocycles. The lowest BCUT2D eigenvalue weighted by Gasteiger charge is -2.32. The van der Waals surface area contributed by atoms with E-state index >= 15 is 0 Å². The minimum atomic E-state index is -0.341. The summed E-state index contributed by atoms with van der Waals surface area (Å²) in [6.07, 6.45) is 4.72. The van der Waals surface area contributed by atoms with Gasteiger partial charge < -0.3 is 30.6 Å². The number of carbonyl (C=O) groups excluding carboxylic acids is 1. The fraction of sp³-hybridized carbons (Fsp3) is 0.407. The van der Waals surface area contributed by atoms with Crippen LogP contribution in [0.25, 0.3) is 11.0 Å². The third kappa shape index (κ3) is 6.23. The number of benzene rings is 1. The summed E-state index contributed by atoms with van der Waals surface area (Å²) in [5.41, 5.74) is 2.37. The maximum Gasteiger partial charge on any atom is 0.256 e. The number of allylic oxidation sites excluding steroid dienone is 1. The predicted molar refractivity (Wildman–Crippen MR) is 148 cm³/mol. The summed E-state index contributed by atoms with van der Waals surface area (Å²) in [4.78, 5) is 35.3. The summed E-state index contributed by atoms with van der Waals surface area (Å²) in [5.74, 6) is 1.50. The fourth-order valence-corrected chi connectivity index (χ4v) is 3.74. The van der Waals surface area contributed by atoms with Crippen LogP contribution in [0.5, 0.6) is 11.6 Å². The number of nitrogens with zero attached hydrogens (tertiary/aromatic N) is 6. The Morgan fingerprint density at radius 2 is 1.87 bits per heavy atom. The van der Waals surface area contributed by atoms with Gasteiger partial charge in [-0.2, -0.15) is 4.98 Å². The number of nitrogens with one attached hydrogen (secondary N) is 3. The molecule has 3 N–H and O–H groups in total. The van der Waals surface area contributed by atoms with Crippen LogP contribution >= 0.6 is 0 Å². The molecule has 1 aliphatic rings. The minimum absolute atomic E-state index is 0.294. The first-order chi connectivity index (χ1) is 18.0. The number of anilines is 1. The molecule has 1 amide bonds. The molecule has 1 aromatic carbocycles. The first-order valence-corrected chi connectivity index (χ1v) is 12.5. The van der Waals surface area contributed by atoms with Crippen LogP contribution in [0.3, 0.4) is 0 Å². The molecule has 4 rings (SSSR count). The maximum atomic E-state index is 13.0. The van der Waals surface area contributed by atoms with E-state index in [-0.39, 0.29) is 11.3 Å². The van der Waals surface area contributed by atoms with Crippen molar-refractivity contribution in [1.82, 2.24) is 35.5 Å². The Kier molecular flexibility index (Phi) is 7.86. The summed E-state index contributed by atoms with van der Waals surface area (Å²) >= 11 is 0. The number of hydrogen-bond acceptors (Lipinski definition) is 10. The van der Waals surface area contributed by atoms with Crippen molar-refractivity contribution in [2.75, 3.05) is 45.2 Å². The molecular weight excluding hydrogens is 482 g/mol. The molecule has 0 unspecified atom stereocenters. The van der Waals surface area contributed by atoms with Crippen LogP contribution in [0.2, 0.25) is 0 Å². The fourth-order valence-electron chi connectivity index (χ4n) is 3.74. The van der Waals surface area contributed by atoms with Gasteiger partial charge in [0.05, 0.1) is 6.20 Å². The number of hydrogen-bond donors (Lipinski definition) is 3. The molecule has 1 fully saturated rings. The zero-order valence-corrected chi connectivity index (χ0v) is 22.8. The third-order valence-electron chi connectivity index (χ3n) is 6.39. The first-order valence-electron chi connectivity index (χ1n) is 12.5. The van der Waals surface area contributed by atoms with E-state index in [0.717, 1.165) is 31.7 Å². The maximum absolute atomic E-state index is 13.0. The zero-order chi connectivity index (χ0) is 27.4. The molecule has 200 valence electrons. The number of ether oxygens (including phenoxy) is 1. The van der Waals surface area contributed by atoms with Crippen LogP contribution in [-0.2, 0) is 0 Å². The standard InChI is InChI=1S/C27H35N9O2/c1-17-7-8-18(24(37)33-22(29-5)14-21(28)27(2,3)4)13-20(17)38-25-23-19(31-16-32-25)15-30-26(34-23)36-11-9-35(6)10-12-36/h7-8,13-16,28-29H,9-12H2,1-6H3,(H,33,37)/b22-14+,28-21?. The third-order valence-corrected chi connectivity index (χ3v) is 6.39. The zero-order valence-electron chi connectivity index (χ0n) is 22.8. The molecule has 3 aromatic rings. The highest BCUT2D eigenvalue weighted by Crippen LogP contribution is 2.29. The van der Waals surface area contributed by atoms with Crippen molar-refractivity contribution >= 4 is 28.6 Å². The number of aryl methyl sites for hydroxylation is 1. The number of carbonyl (C=O) groups is 1. The molecule has 0 saturated carbocycles. The van der Waals surface area contributed by atoms with Crippen LogP contribution in [0.1, 0.15) is 36.7 Å². The highest BCUT2D eigenvalue weighted by Gasteiger charge is 2.20. The predicted octanol–water partition coefficient (Wildman–Crippen LogP) is 3.13. The van der Waals surface area contributed by atoms with Gasteiger partial charge in [-0.3, -0.25) is 4.79 Å². The van der Waals surface area contributed by atoms with Gasteiger partial charge in [0.2, 0.25) is 11.8 Å². The van der Waals surface area contributed by atoms with E-state index in [4.69, 9.17) is 15.1 Å². The average Bonchev–Trinajstić information content (AvgIpc) is 2.89. The van der Waals surface area contributed by atoms with Crippen molar-refractivity contribution in [3.8, 4) is 11.6 Å². The van der Waals surface area contributed by atoms with Gasteiger partial charge in [0.15, 0.2) is 5.52 Å². The number of rotatable bonds is 7. The van der Waals surface area contributed by atoms with Gasteiger partial charge in [0.25, 0.3) is 5.91 Å². The van der Waals surface area contributed by atoms with Gasteiger partial charge in [-0.25, -0.2) is 15.0 Å². The molecule has 0 aliphatic carbocycles. The van der Waals surface area contributed by atoms with Gasteiger partial charge >= 0.3 is 0 Å². The lowest BCUT2D eigenvalue weighted by atomic mass is 9.90. The summed E-state index contributed by atoms with van der Waals surface area (Å²) in [7, 11) is 3.80. The van der Waals surface area contributed by atoms with E-state index in [1.165, 1.54) is 6.33 Å². The van der Waals surface area contributed by atoms with Gasteiger partial charge in [-0.15, -0.1) is 0 Å². The number of likely N-dealkylation sites (N-methyl/N-ethyl adjacent to an activating group) is 1. The summed E-state index contributed by atoms with van der Waals surface area (Å²) in [5, 5.41) is 14.0. The molecule has 11 heteroatoms. The Balaban J connectivity index is 1.59. The number of piperazine rings is 1. The van der Waals surface area contributed by atoms with E-state index in [9.17, 15) is 4.79 Å². The number of amides is 1. The average molecular weight is 518 g/mol. The first kappa shape index (κ1) is 26.9. The monoisotopic (exact) mass is 517 g/mol. The van der Waals surface area contributed by atoms with E-state index in [1.807, 2.05) is 33.8 Å². The normalized spacial score (nSPS) is 14.9. The quantitative estimate of drug-likeness (QED) is 0.404. The molecule has 0 spiro atoms. The molecule has 0 bridgehead atoms. The minimum Gasteiger partial charge on any atom is -0.437 e. The molecule has 0 radical (unpaired) electrons. The van der Waals surface area contributed by atoms with Gasteiger partial charge in [-0.05, 0) is 37.7 Å². The lowest BCUT2D eigenvalue weighted by Crippen LogP contribution is -2.45. The Bertz CT molecular complexity index is 1370. The molecule has 1 aliphatic heterocycles. The highest BCUT2D eigenvalue weighted by molar-refractivity contribution is 5.99. The second kappa shape index (κ2) is 11.1. The molecule has 0 atom stereocenters. The van der Waals surface area contributed by atoms with Crippen LogP contribution in [0.15, 0.2) is 42.6 Å². The van der Waals surface area contributed by atoms with Crippen LogP contribution in [0.4, 0.5) is 5.95 Å². The van der Waals surface area contributed by atoms with Crippen molar-refractivity contribution in [1.29, 1.82) is 5.41 Å². The smallest absolute Gasteiger partial charge is 0.256 e. The van der Waals surface area contributed by atoms with E-state index in [2.05, 4.69) is 42.4 Å². The summed E-state index contributed by atoms with van der Waals surface area (Å²) in [6, 6.07) is 5.22. The van der Waals surface area contributed by atoms with E-state index in [0.29, 0.717) is 45.7 Å². The number of aromatic nitrogens is 4. The second-order valence-electron chi connectivity index (χ2n) is 10.4. The van der Waals surface area contributed by atoms with Crippen molar-refractivity contribution in [2.24, 2.45) is 5.41 Å². The largest absolute Gasteiger partial charge is 0.437 e. The van der Waals surface area contributed by atoms with E-state index < -0.39 is 0 Å². The molecule has 38 heavy (non-hydrogen) atoms. The van der Waals surface area contributed by atoms with Crippen molar-refractivity contribution in [2.45, 2.75) is 27.7 Å². The topological polar surface area (TPSA) is 132 Å². The molecular formula is C27H35N9O2. The summed E-state index contributed by atoms with van der Waals surface area (Å²) in [6.45, 7) is 11.3. The van der Waals surface area contributed by atoms with Crippen LogP contribution in [0, 0.1) is 17.7 Å². The Labute approximate surface area is 222 Å². The number of fused-ring (bicyclic) bond motifs is 1. The van der Waals surface area contributed by atoms with Crippen molar-refractivity contribution in [3.63, 3.8) is 0 Å². The molecule has 3 heterocycles. The Morgan fingerprint density at radius 3 is 2.55 bits per heavy atom. The van der Waals surface area contributed by atoms with Crippen LogP contribution in [-0.4, -0.2) is 76.7 Å². The SMILES string of the molecule is CN/C(=C\C(=N)C(C)(C)C)NC(=O)c1ccc(C)c(Oc2ncnc3cnc(N4CCN(C)CC4)nc23)c1.